The van der Waals surface area contributed by atoms with E-state index in [1.807, 2.05) is 0 Å². The summed E-state index contributed by atoms with van der Waals surface area (Å²) in [6, 6.07) is 6.32. The van der Waals surface area contributed by atoms with Crippen molar-refractivity contribution in [2.24, 2.45) is 0 Å². The maximum absolute atomic E-state index is 12.0. The Hall–Kier alpha value is -2.47. The molecule has 0 N–H and O–H groups in total. The van der Waals surface area contributed by atoms with E-state index in [-0.39, 0.29) is 11.1 Å². The Balaban J connectivity index is 1.76. The molecule has 1 aromatic rings. The molecule has 3 rings (SSSR count). The monoisotopic (exact) mass is 273 g/mol. The van der Waals surface area contributed by atoms with Crippen LogP contribution in [0.4, 0.5) is 0 Å². The van der Waals surface area contributed by atoms with E-state index >= 15 is 0 Å². The molecular formula is C14H11NO5. The molecule has 2 amide bonds. The van der Waals surface area contributed by atoms with Crippen LogP contribution >= 0.6 is 0 Å². The summed E-state index contributed by atoms with van der Waals surface area (Å²) in [6.45, 7) is 0.307. The first-order chi connectivity index (χ1) is 9.68. The molecule has 1 atom stereocenters. The fourth-order valence-electron chi connectivity index (χ4n) is 2.09. The Morgan fingerprint density at radius 2 is 1.80 bits per heavy atom. The summed E-state index contributed by atoms with van der Waals surface area (Å²) in [5.41, 5.74) is 0.463. The van der Waals surface area contributed by atoms with Gasteiger partial charge in [0.15, 0.2) is 6.10 Å². The minimum absolute atomic E-state index is 0.231. The van der Waals surface area contributed by atoms with E-state index in [0.717, 1.165) is 0 Å². The highest BCUT2D eigenvalue weighted by molar-refractivity contribution is 6.20. The number of hydrogen-bond acceptors (Lipinski definition) is 5. The Morgan fingerprint density at radius 1 is 1.15 bits per heavy atom. The molecule has 0 aliphatic carbocycles. The molecule has 2 heterocycles. The molecule has 6 heteroatoms. The minimum atomic E-state index is -0.788. The van der Waals surface area contributed by atoms with E-state index < -0.39 is 23.9 Å². The van der Waals surface area contributed by atoms with Crippen LogP contribution in [0.2, 0.25) is 0 Å². The normalized spacial score (nSPS) is 21.0. The molecule has 0 saturated heterocycles. The molecule has 1 aromatic carbocycles. The zero-order valence-electron chi connectivity index (χ0n) is 10.4. The molecule has 0 radical (unpaired) electrons. The third-order valence-corrected chi connectivity index (χ3v) is 3.11. The third kappa shape index (κ3) is 2.00. The lowest BCUT2D eigenvalue weighted by molar-refractivity contribution is -0.181. The first-order valence-corrected chi connectivity index (χ1v) is 6.14. The predicted molar refractivity (Wildman–Crippen MR) is 66.5 cm³/mol. The van der Waals surface area contributed by atoms with E-state index in [9.17, 15) is 14.4 Å². The van der Waals surface area contributed by atoms with E-state index in [1.165, 1.54) is 12.1 Å². The van der Waals surface area contributed by atoms with E-state index in [4.69, 9.17) is 9.57 Å². The van der Waals surface area contributed by atoms with Crippen molar-refractivity contribution in [3.63, 3.8) is 0 Å². The third-order valence-electron chi connectivity index (χ3n) is 3.11. The number of nitrogens with zero attached hydrogens (tertiary/aromatic N) is 1. The lowest BCUT2D eigenvalue weighted by atomic mass is 10.1. The quantitative estimate of drug-likeness (QED) is 0.595. The average molecular weight is 273 g/mol. The number of amides is 2. The largest absolute Gasteiger partial charge is 0.362 e. The Morgan fingerprint density at radius 3 is 2.35 bits per heavy atom. The highest BCUT2D eigenvalue weighted by Crippen LogP contribution is 2.23. The minimum Gasteiger partial charge on any atom is -0.362 e. The number of carbonyl (C=O) groups is 3. The molecule has 2 aliphatic heterocycles. The van der Waals surface area contributed by atoms with Crippen molar-refractivity contribution in [3.05, 3.63) is 47.5 Å². The second-order valence-corrected chi connectivity index (χ2v) is 4.39. The van der Waals surface area contributed by atoms with Crippen molar-refractivity contribution in [2.45, 2.75) is 12.5 Å². The van der Waals surface area contributed by atoms with Crippen LogP contribution in [0.25, 0.3) is 0 Å². The van der Waals surface area contributed by atoms with Crippen molar-refractivity contribution < 1.29 is 24.0 Å². The number of hydroxylamine groups is 2. The van der Waals surface area contributed by atoms with Gasteiger partial charge in [-0.3, -0.25) is 9.59 Å². The molecule has 102 valence electrons. The summed E-state index contributed by atoms with van der Waals surface area (Å²) in [4.78, 5) is 40.8. The molecule has 0 aromatic heterocycles. The second kappa shape index (κ2) is 4.90. The van der Waals surface area contributed by atoms with Gasteiger partial charge in [0.1, 0.15) is 0 Å². The molecule has 0 spiro atoms. The highest BCUT2D eigenvalue weighted by Gasteiger charge is 2.39. The molecule has 0 fully saturated rings. The molecule has 6 nitrogen and oxygen atoms in total. The number of carbonyl (C=O) groups excluding carboxylic acids is 3. The Bertz CT molecular complexity index is 587. The van der Waals surface area contributed by atoms with E-state index in [2.05, 4.69) is 0 Å². The number of ether oxygens (including phenoxy) is 1. The van der Waals surface area contributed by atoms with Crippen LogP contribution in [-0.4, -0.2) is 35.6 Å². The first-order valence-electron chi connectivity index (χ1n) is 6.14. The lowest BCUT2D eigenvalue weighted by Gasteiger charge is -2.19. The van der Waals surface area contributed by atoms with Crippen LogP contribution in [0.1, 0.15) is 27.1 Å². The molecule has 2 aliphatic rings. The first kappa shape index (κ1) is 12.6. The topological polar surface area (TPSA) is 72.9 Å². The second-order valence-electron chi connectivity index (χ2n) is 4.39. The zero-order valence-corrected chi connectivity index (χ0v) is 10.4. The maximum Gasteiger partial charge on any atom is 0.361 e. The fraction of sp³-hybridized carbons (Fsp3) is 0.214. The number of hydrogen-bond donors (Lipinski definition) is 0. The van der Waals surface area contributed by atoms with Gasteiger partial charge in [0.05, 0.1) is 17.7 Å². The van der Waals surface area contributed by atoms with Crippen molar-refractivity contribution in [3.8, 4) is 0 Å². The van der Waals surface area contributed by atoms with Gasteiger partial charge in [-0.05, 0) is 12.1 Å². The molecule has 20 heavy (non-hydrogen) atoms. The summed E-state index contributed by atoms with van der Waals surface area (Å²) in [6.07, 6.45) is 3.15. The summed E-state index contributed by atoms with van der Waals surface area (Å²) in [5.74, 6) is -2.01. The number of benzene rings is 1. The standard InChI is InChI=1S/C14H11NO5/c16-12-9-5-1-2-6-10(9)13(17)15(12)20-14(18)11-7-3-4-8-19-11/h1-6,11H,7-8H2. The Kier molecular flexibility index (Phi) is 3.08. The van der Waals surface area contributed by atoms with Gasteiger partial charge in [0, 0.05) is 6.42 Å². The smallest absolute Gasteiger partial charge is 0.361 e. The van der Waals surface area contributed by atoms with Crippen molar-refractivity contribution in [1.29, 1.82) is 0 Å². The van der Waals surface area contributed by atoms with Crippen molar-refractivity contribution in [2.75, 3.05) is 6.61 Å². The number of imide groups is 1. The van der Waals surface area contributed by atoms with Gasteiger partial charge in [-0.2, -0.15) is 0 Å². The van der Waals surface area contributed by atoms with Crippen LogP contribution in [0.5, 0.6) is 0 Å². The van der Waals surface area contributed by atoms with Crippen LogP contribution < -0.4 is 0 Å². The number of rotatable bonds is 2. The number of fused-ring (bicyclic) bond motifs is 1. The summed E-state index contributed by atoms with van der Waals surface area (Å²) in [7, 11) is 0. The molecule has 0 saturated carbocycles. The van der Waals surface area contributed by atoms with Crippen molar-refractivity contribution >= 4 is 17.8 Å². The van der Waals surface area contributed by atoms with Gasteiger partial charge < -0.3 is 9.57 Å². The maximum atomic E-state index is 12.0. The molecule has 1 unspecified atom stereocenters. The van der Waals surface area contributed by atoms with Crippen LogP contribution in [0.3, 0.4) is 0 Å². The van der Waals surface area contributed by atoms with Gasteiger partial charge in [-0.25, -0.2) is 4.79 Å². The van der Waals surface area contributed by atoms with E-state index in [1.54, 1.807) is 24.3 Å². The van der Waals surface area contributed by atoms with Crippen LogP contribution in [0.15, 0.2) is 36.4 Å². The van der Waals surface area contributed by atoms with Gasteiger partial charge in [0.2, 0.25) is 0 Å². The Labute approximate surface area is 114 Å². The van der Waals surface area contributed by atoms with Gasteiger partial charge >= 0.3 is 5.97 Å². The van der Waals surface area contributed by atoms with Gasteiger partial charge in [0.25, 0.3) is 11.8 Å². The SMILES string of the molecule is O=C(ON1C(=O)c2ccccc2C1=O)C1CC=CCO1. The van der Waals surface area contributed by atoms with Gasteiger partial charge in [-0.15, -0.1) is 0 Å². The van der Waals surface area contributed by atoms with E-state index in [0.29, 0.717) is 18.1 Å². The van der Waals surface area contributed by atoms with Crippen LogP contribution in [0, 0.1) is 0 Å². The predicted octanol–water partition coefficient (Wildman–Crippen LogP) is 1.09. The average Bonchev–Trinajstić information content (AvgIpc) is 2.74. The highest BCUT2D eigenvalue weighted by atomic mass is 16.7. The summed E-state index contributed by atoms with van der Waals surface area (Å²) < 4.78 is 5.19. The molecule has 0 bridgehead atoms. The molecular weight excluding hydrogens is 262 g/mol. The van der Waals surface area contributed by atoms with Crippen molar-refractivity contribution in [1.82, 2.24) is 5.06 Å². The summed E-state index contributed by atoms with van der Waals surface area (Å²) in [5, 5.41) is 0.495. The van der Waals surface area contributed by atoms with Gasteiger partial charge in [-0.1, -0.05) is 29.3 Å². The zero-order chi connectivity index (χ0) is 14.1. The fourth-order valence-corrected chi connectivity index (χ4v) is 2.09. The lowest BCUT2D eigenvalue weighted by Crippen LogP contribution is -2.38. The summed E-state index contributed by atoms with van der Waals surface area (Å²) >= 11 is 0. The van der Waals surface area contributed by atoms with Crippen LogP contribution in [-0.2, 0) is 14.4 Å².